The highest BCUT2D eigenvalue weighted by atomic mass is 35.5. The number of benzene rings is 1. The molecule has 1 aromatic rings. The predicted molar refractivity (Wildman–Crippen MR) is 67.5 cm³/mol. The molecule has 0 amide bonds. The number of halogens is 2. The van der Waals surface area contributed by atoms with Gasteiger partial charge < -0.3 is 5.32 Å². The first-order valence-electron chi connectivity index (χ1n) is 4.80. The molecule has 0 bridgehead atoms. The van der Waals surface area contributed by atoms with Crippen LogP contribution < -0.4 is 5.32 Å². The number of rotatable bonds is 5. The van der Waals surface area contributed by atoms with E-state index in [1.165, 1.54) is 12.1 Å². The van der Waals surface area contributed by atoms with Crippen molar-refractivity contribution in [3.8, 4) is 0 Å². The van der Waals surface area contributed by atoms with Gasteiger partial charge in [-0.25, -0.2) is 4.39 Å². The second-order valence-corrected chi connectivity index (χ2v) is 4.58. The van der Waals surface area contributed by atoms with Crippen molar-refractivity contribution in [3.05, 3.63) is 30.1 Å². The fourth-order valence-corrected chi connectivity index (χ4v) is 1.83. The normalized spacial score (nSPS) is 10.1. The Labute approximate surface area is 101 Å². The van der Waals surface area contributed by atoms with E-state index in [0.717, 1.165) is 17.2 Å². The molecular weight excluding hydrogens is 233 g/mol. The van der Waals surface area contributed by atoms with Crippen molar-refractivity contribution in [2.24, 2.45) is 0 Å². The molecule has 0 heterocycles. The average molecular weight is 250 g/mol. The van der Waals surface area contributed by atoms with Crippen LogP contribution in [-0.2, 0) is 0 Å². The maximum absolute atomic E-state index is 12.6. The van der Waals surface area contributed by atoms with Gasteiger partial charge in [0, 0.05) is 23.2 Å². The number of nitrogens with one attached hydrogen (secondary N) is 1. The first-order valence-corrected chi connectivity index (χ1v) is 5.79. The molecule has 86 valence electrons. The van der Waals surface area contributed by atoms with Crippen molar-refractivity contribution in [1.29, 1.82) is 0 Å². The van der Waals surface area contributed by atoms with Crippen LogP contribution in [0.4, 0.5) is 4.39 Å². The summed E-state index contributed by atoms with van der Waals surface area (Å²) in [7, 11) is 0. The molecule has 1 aromatic carbocycles. The Hall–Kier alpha value is -0.250. The molecule has 0 unspecified atom stereocenters. The Balaban J connectivity index is 0.00000196. The Morgan fingerprint density at radius 1 is 1.27 bits per heavy atom. The molecule has 0 saturated carbocycles. The molecular formula is C11H17ClFNS. The fourth-order valence-electron chi connectivity index (χ4n) is 1.05. The van der Waals surface area contributed by atoms with Crippen molar-refractivity contribution in [1.82, 2.24) is 5.32 Å². The Kier molecular flexibility index (Phi) is 7.83. The second-order valence-electron chi connectivity index (χ2n) is 3.41. The molecule has 0 aliphatic heterocycles. The molecule has 0 atom stereocenters. The Morgan fingerprint density at radius 2 is 1.87 bits per heavy atom. The lowest BCUT2D eigenvalue weighted by Crippen LogP contribution is -2.24. The van der Waals surface area contributed by atoms with Gasteiger partial charge in [0.25, 0.3) is 0 Å². The first-order chi connectivity index (χ1) is 6.68. The maximum Gasteiger partial charge on any atom is 0.123 e. The van der Waals surface area contributed by atoms with E-state index >= 15 is 0 Å². The maximum atomic E-state index is 12.6. The lowest BCUT2D eigenvalue weighted by Gasteiger charge is -2.07. The van der Waals surface area contributed by atoms with E-state index in [4.69, 9.17) is 0 Å². The number of hydrogen-bond donors (Lipinski definition) is 1. The zero-order valence-corrected chi connectivity index (χ0v) is 10.6. The van der Waals surface area contributed by atoms with Crippen LogP contribution in [0, 0.1) is 5.82 Å². The molecule has 0 radical (unpaired) electrons. The van der Waals surface area contributed by atoms with Gasteiger partial charge in [-0.2, -0.15) is 0 Å². The van der Waals surface area contributed by atoms with Gasteiger partial charge in [-0.15, -0.1) is 24.2 Å². The summed E-state index contributed by atoms with van der Waals surface area (Å²) in [5.74, 6) is 0.846. The van der Waals surface area contributed by atoms with Gasteiger partial charge >= 0.3 is 0 Å². The van der Waals surface area contributed by atoms with Crippen molar-refractivity contribution in [2.75, 3.05) is 12.3 Å². The third kappa shape index (κ3) is 6.77. The van der Waals surface area contributed by atoms with Gasteiger partial charge in [-0.05, 0) is 24.3 Å². The molecule has 0 aliphatic carbocycles. The minimum Gasteiger partial charge on any atom is -0.314 e. The Morgan fingerprint density at radius 3 is 2.40 bits per heavy atom. The highest BCUT2D eigenvalue weighted by Crippen LogP contribution is 2.17. The third-order valence-corrected chi connectivity index (χ3v) is 2.75. The Bertz CT molecular complexity index is 264. The molecule has 0 saturated heterocycles. The third-order valence-electron chi connectivity index (χ3n) is 1.74. The summed E-state index contributed by atoms with van der Waals surface area (Å²) >= 11 is 1.74. The summed E-state index contributed by atoms with van der Waals surface area (Å²) in [6, 6.07) is 7.16. The fraction of sp³-hybridized carbons (Fsp3) is 0.455. The molecule has 1 nitrogen and oxygen atoms in total. The second kappa shape index (κ2) is 7.97. The van der Waals surface area contributed by atoms with E-state index in [0.29, 0.717) is 6.04 Å². The zero-order chi connectivity index (χ0) is 10.4. The highest BCUT2D eigenvalue weighted by Gasteiger charge is 1.95. The summed E-state index contributed by atoms with van der Waals surface area (Å²) in [4.78, 5) is 1.12. The van der Waals surface area contributed by atoms with E-state index in [1.807, 2.05) is 12.1 Å². The summed E-state index contributed by atoms with van der Waals surface area (Å²) in [6.45, 7) is 5.24. The van der Waals surface area contributed by atoms with Gasteiger partial charge in [0.2, 0.25) is 0 Å². The van der Waals surface area contributed by atoms with Gasteiger partial charge in [-0.1, -0.05) is 13.8 Å². The molecule has 0 spiro atoms. The van der Waals surface area contributed by atoms with Crippen LogP contribution in [0.25, 0.3) is 0 Å². The van der Waals surface area contributed by atoms with Crippen LogP contribution in [0.15, 0.2) is 29.2 Å². The highest BCUT2D eigenvalue weighted by molar-refractivity contribution is 7.99. The summed E-state index contributed by atoms with van der Waals surface area (Å²) in [5.41, 5.74) is 0. The van der Waals surface area contributed by atoms with Crippen LogP contribution in [-0.4, -0.2) is 18.3 Å². The van der Waals surface area contributed by atoms with Gasteiger partial charge in [0.15, 0.2) is 0 Å². The monoisotopic (exact) mass is 249 g/mol. The standard InChI is InChI=1S/C11H16FNS.ClH/c1-9(2)13-7-8-14-11-5-3-10(12)4-6-11;/h3-6,9,13H,7-8H2,1-2H3;1H. The molecule has 0 fully saturated rings. The molecule has 1 rings (SSSR count). The smallest absolute Gasteiger partial charge is 0.123 e. The minimum atomic E-state index is -0.172. The summed E-state index contributed by atoms with van der Waals surface area (Å²) < 4.78 is 12.6. The quantitative estimate of drug-likeness (QED) is 0.635. The molecule has 0 aliphatic rings. The van der Waals surface area contributed by atoms with E-state index < -0.39 is 0 Å². The molecule has 15 heavy (non-hydrogen) atoms. The number of thioether (sulfide) groups is 1. The van der Waals surface area contributed by atoms with E-state index in [9.17, 15) is 4.39 Å². The topological polar surface area (TPSA) is 12.0 Å². The molecule has 4 heteroatoms. The van der Waals surface area contributed by atoms with Gasteiger partial charge in [0.05, 0.1) is 0 Å². The largest absolute Gasteiger partial charge is 0.314 e. The number of hydrogen-bond acceptors (Lipinski definition) is 2. The minimum absolute atomic E-state index is 0. The van der Waals surface area contributed by atoms with Crippen molar-refractivity contribution >= 4 is 24.2 Å². The van der Waals surface area contributed by atoms with Gasteiger partial charge in [-0.3, -0.25) is 0 Å². The van der Waals surface area contributed by atoms with Gasteiger partial charge in [0.1, 0.15) is 5.82 Å². The zero-order valence-electron chi connectivity index (χ0n) is 9.00. The average Bonchev–Trinajstić information content (AvgIpc) is 2.15. The van der Waals surface area contributed by atoms with Crippen molar-refractivity contribution in [2.45, 2.75) is 24.8 Å². The van der Waals surface area contributed by atoms with E-state index in [1.54, 1.807) is 11.8 Å². The lowest BCUT2D eigenvalue weighted by molar-refractivity contribution is 0.616. The predicted octanol–water partition coefficient (Wildman–Crippen LogP) is 3.34. The van der Waals surface area contributed by atoms with E-state index in [2.05, 4.69) is 19.2 Å². The molecule has 0 aromatic heterocycles. The lowest BCUT2D eigenvalue weighted by atomic mass is 10.4. The molecule has 1 N–H and O–H groups in total. The van der Waals surface area contributed by atoms with Crippen molar-refractivity contribution < 1.29 is 4.39 Å². The first kappa shape index (κ1) is 14.8. The van der Waals surface area contributed by atoms with Crippen LogP contribution in [0.2, 0.25) is 0 Å². The van der Waals surface area contributed by atoms with Crippen LogP contribution >= 0.6 is 24.2 Å². The van der Waals surface area contributed by atoms with Crippen LogP contribution in [0.1, 0.15) is 13.8 Å². The SMILES string of the molecule is CC(C)NCCSc1ccc(F)cc1.Cl. The van der Waals surface area contributed by atoms with Crippen LogP contribution in [0.3, 0.4) is 0 Å². The van der Waals surface area contributed by atoms with Crippen molar-refractivity contribution in [3.63, 3.8) is 0 Å². The summed E-state index contributed by atoms with van der Waals surface area (Å²) in [6.07, 6.45) is 0. The van der Waals surface area contributed by atoms with Crippen LogP contribution in [0.5, 0.6) is 0 Å². The van der Waals surface area contributed by atoms with E-state index in [-0.39, 0.29) is 18.2 Å². The summed E-state index contributed by atoms with van der Waals surface area (Å²) in [5, 5.41) is 3.33.